The van der Waals surface area contributed by atoms with Gasteiger partial charge in [-0.15, -0.1) is 0 Å². The molecular weight excluding hydrogens is 602 g/mol. The molecule has 1 amide bonds. The zero-order chi connectivity index (χ0) is 32.6. The average molecular weight is 641 g/mol. The lowest BCUT2D eigenvalue weighted by Crippen LogP contribution is -2.23. The van der Waals surface area contributed by atoms with Crippen molar-refractivity contribution in [2.75, 3.05) is 11.1 Å². The maximum atomic E-state index is 13.8. The molecule has 0 aliphatic heterocycles. The number of halogens is 1. The molecule has 0 saturated heterocycles. The average Bonchev–Trinajstić information content (AvgIpc) is 2.99. The van der Waals surface area contributed by atoms with Crippen LogP contribution in [0.2, 0.25) is 5.02 Å². The molecule has 4 rings (SSSR count). The number of hydrogen-bond donors (Lipinski definition) is 1. The monoisotopic (exact) mass is 640 g/mol. The number of anilines is 1. The summed E-state index contributed by atoms with van der Waals surface area (Å²) in [6.45, 7) is 8.46. The van der Waals surface area contributed by atoms with Crippen LogP contribution < -0.4 is 5.32 Å². The molecule has 0 aliphatic rings. The lowest BCUT2D eigenvalue weighted by Gasteiger charge is -2.19. The molecule has 0 fully saturated rings. The summed E-state index contributed by atoms with van der Waals surface area (Å²) in [7, 11) is 0. The maximum absolute atomic E-state index is 13.8. The molecule has 4 aromatic carbocycles. The third-order valence-electron chi connectivity index (χ3n) is 7.51. The van der Waals surface area contributed by atoms with Gasteiger partial charge in [-0.25, -0.2) is 0 Å². The van der Waals surface area contributed by atoms with Crippen molar-refractivity contribution < 1.29 is 18.4 Å². The van der Waals surface area contributed by atoms with E-state index in [9.17, 15) is 18.4 Å². The Labute approximate surface area is 274 Å². The van der Waals surface area contributed by atoms with Gasteiger partial charge in [0.2, 0.25) is 5.91 Å². The highest BCUT2D eigenvalue weighted by Gasteiger charge is 2.22. The number of ketones is 1. The summed E-state index contributed by atoms with van der Waals surface area (Å²) in [6.07, 6.45) is 5.15. The van der Waals surface area contributed by atoms with Crippen molar-refractivity contribution in [2.24, 2.45) is 5.41 Å². The molecule has 1 N–H and O–H groups in total. The third kappa shape index (κ3) is 10.4. The van der Waals surface area contributed by atoms with Crippen LogP contribution >= 0.6 is 11.6 Å². The summed E-state index contributed by atoms with van der Waals surface area (Å²) < 4.78 is 21.6. The molecule has 0 heterocycles. The zero-order valence-electron chi connectivity index (χ0n) is 26.1. The zero-order valence-corrected chi connectivity index (χ0v) is 27.7. The fraction of sp³-hybridized carbons (Fsp3) is 0.263. The molecule has 0 spiro atoms. The van der Waals surface area contributed by atoms with Crippen LogP contribution in [0.25, 0.3) is 17.2 Å². The fourth-order valence-electron chi connectivity index (χ4n) is 5.02. The molecule has 0 aliphatic carbocycles. The Hall–Kier alpha value is -3.84. The Kier molecular flexibility index (Phi) is 11.7. The molecule has 1 unspecified atom stereocenters. The van der Waals surface area contributed by atoms with Gasteiger partial charge in [-0.1, -0.05) is 122 Å². The first-order valence-corrected chi connectivity index (χ1v) is 16.6. The van der Waals surface area contributed by atoms with Crippen LogP contribution in [-0.4, -0.2) is 26.2 Å². The standard InChI is InChI=1S/C38H40ClNO4S/c1-26-24-32(39)17-20-34(26)29-15-18-33(19-16-29)40-37(42)35(30-11-7-27(8-12-30)21-22-38(2,3)4)25-28-9-13-31(14-10-28)36(41)6-5-23-45(43)44/h7-22,24,35H,5-6,23,25H2,1-4H3,(H,40,42)(H,43,44)/p-1/b22-21+/t35-/m0/s1. The molecule has 234 valence electrons. The van der Waals surface area contributed by atoms with E-state index < -0.39 is 17.0 Å². The summed E-state index contributed by atoms with van der Waals surface area (Å²) in [6, 6.07) is 28.9. The number of amides is 1. The van der Waals surface area contributed by atoms with E-state index >= 15 is 0 Å². The molecule has 2 atom stereocenters. The van der Waals surface area contributed by atoms with Crippen molar-refractivity contribution in [3.05, 3.63) is 130 Å². The number of allylic oxidation sites excluding steroid dienone is 1. The highest BCUT2D eigenvalue weighted by molar-refractivity contribution is 7.79. The topological polar surface area (TPSA) is 86.3 Å². The maximum Gasteiger partial charge on any atom is 0.232 e. The minimum absolute atomic E-state index is 0.0328. The summed E-state index contributed by atoms with van der Waals surface area (Å²) in [5.41, 5.74) is 7.35. The number of nitrogens with one attached hydrogen (secondary N) is 1. The Balaban J connectivity index is 1.54. The van der Waals surface area contributed by atoms with Crippen LogP contribution in [0, 0.1) is 12.3 Å². The first kappa shape index (κ1) is 34.0. The largest absolute Gasteiger partial charge is 0.772 e. The lowest BCUT2D eigenvalue weighted by atomic mass is 9.89. The van der Waals surface area contributed by atoms with Crippen LogP contribution in [0.4, 0.5) is 5.69 Å². The van der Waals surface area contributed by atoms with E-state index in [0.29, 0.717) is 29.1 Å². The minimum atomic E-state index is -2.15. The van der Waals surface area contributed by atoms with Gasteiger partial charge in [-0.05, 0) is 82.8 Å². The highest BCUT2D eigenvalue weighted by Crippen LogP contribution is 2.29. The first-order chi connectivity index (χ1) is 21.4. The van der Waals surface area contributed by atoms with E-state index in [1.165, 1.54) is 0 Å². The van der Waals surface area contributed by atoms with Crippen LogP contribution in [0.5, 0.6) is 0 Å². The molecule has 0 saturated carbocycles. The second-order valence-electron chi connectivity index (χ2n) is 12.4. The Morgan fingerprint density at radius 3 is 2.20 bits per heavy atom. The number of hydrogen-bond acceptors (Lipinski definition) is 4. The number of carbonyl (C=O) groups is 2. The van der Waals surface area contributed by atoms with Crippen molar-refractivity contribution in [2.45, 2.75) is 52.9 Å². The number of carbonyl (C=O) groups excluding carboxylic acids is 2. The normalized spacial score (nSPS) is 13.0. The summed E-state index contributed by atoms with van der Waals surface area (Å²) in [5.74, 6) is -0.737. The van der Waals surface area contributed by atoms with Crippen molar-refractivity contribution in [1.82, 2.24) is 0 Å². The van der Waals surface area contributed by atoms with Crippen molar-refractivity contribution in [3.63, 3.8) is 0 Å². The van der Waals surface area contributed by atoms with Crippen molar-refractivity contribution in [3.8, 4) is 11.1 Å². The van der Waals surface area contributed by atoms with E-state index in [0.717, 1.165) is 33.4 Å². The van der Waals surface area contributed by atoms with Crippen LogP contribution in [-0.2, 0) is 22.3 Å². The van der Waals surface area contributed by atoms with Crippen molar-refractivity contribution in [1.29, 1.82) is 0 Å². The van der Waals surface area contributed by atoms with Crippen molar-refractivity contribution >= 4 is 46.1 Å². The highest BCUT2D eigenvalue weighted by atomic mass is 35.5. The van der Waals surface area contributed by atoms with Gasteiger partial charge >= 0.3 is 0 Å². The molecule has 4 aromatic rings. The van der Waals surface area contributed by atoms with Gasteiger partial charge in [-0.3, -0.25) is 13.8 Å². The van der Waals surface area contributed by atoms with Gasteiger partial charge in [0.15, 0.2) is 5.78 Å². The van der Waals surface area contributed by atoms with Gasteiger partial charge < -0.3 is 9.87 Å². The summed E-state index contributed by atoms with van der Waals surface area (Å²) in [4.78, 5) is 26.3. The van der Waals surface area contributed by atoms with E-state index in [-0.39, 0.29) is 29.3 Å². The number of Topliss-reactive ketones (excluding diaryl/α,β-unsaturated/α-hetero) is 1. The van der Waals surface area contributed by atoms with Crippen LogP contribution in [0.1, 0.15) is 72.1 Å². The second kappa shape index (κ2) is 15.4. The number of benzene rings is 4. The Morgan fingerprint density at radius 2 is 1.60 bits per heavy atom. The molecule has 0 bridgehead atoms. The van der Waals surface area contributed by atoms with Crippen LogP contribution in [0.15, 0.2) is 97.1 Å². The Bertz CT molecular complexity index is 1670. The SMILES string of the molecule is Cc1cc(Cl)ccc1-c1ccc(NC(=O)[C@@H](Cc2ccc(C(=O)CCCS(=O)[O-])cc2)c2ccc(/C=C/C(C)(C)C)cc2)cc1. The molecule has 45 heavy (non-hydrogen) atoms. The molecule has 0 aromatic heterocycles. The Morgan fingerprint density at radius 1 is 0.933 bits per heavy atom. The number of rotatable bonds is 12. The van der Waals surface area contributed by atoms with Crippen LogP contribution in [0.3, 0.4) is 0 Å². The molecular formula is C38H39ClNO4S-. The quantitative estimate of drug-likeness (QED) is 0.124. The minimum Gasteiger partial charge on any atom is -0.772 e. The van der Waals surface area contributed by atoms with E-state index in [2.05, 4.69) is 38.2 Å². The molecule has 5 nitrogen and oxygen atoms in total. The summed E-state index contributed by atoms with van der Waals surface area (Å²) in [5, 5.41) is 3.80. The van der Waals surface area contributed by atoms with Gasteiger partial charge in [-0.2, -0.15) is 0 Å². The van der Waals surface area contributed by atoms with E-state index in [1.807, 2.05) is 85.8 Å². The first-order valence-electron chi connectivity index (χ1n) is 15.0. The number of aryl methyl sites for hydroxylation is 1. The van der Waals surface area contributed by atoms with E-state index in [4.69, 9.17) is 11.6 Å². The fourth-order valence-corrected chi connectivity index (χ4v) is 5.63. The van der Waals surface area contributed by atoms with Gasteiger partial charge in [0.05, 0.1) is 5.92 Å². The van der Waals surface area contributed by atoms with Gasteiger partial charge in [0.1, 0.15) is 0 Å². The van der Waals surface area contributed by atoms with Gasteiger partial charge in [0.25, 0.3) is 0 Å². The molecule has 0 radical (unpaired) electrons. The predicted molar refractivity (Wildman–Crippen MR) is 185 cm³/mol. The van der Waals surface area contributed by atoms with E-state index in [1.54, 1.807) is 12.1 Å². The predicted octanol–water partition coefficient (Wildman–Crippen LogP) is 9.18. The molecule has 7 heteroatoms. The lowest BCUT2D eigenvalue weighted by molar-refractivity contribution is -0.117. The third-order valence-corrected chi connectivity index (χ3v) is 8.37. The summed E-state index contributed by atoms with van der Waals surface area (Å²) >= 11 is 3.98. The van der Waals surface area contributed by atoms with Gasteiger partial charge in [0, 0.05) is 28.4 Å². The smallest absolute Gasteiger partial charge is 0.232 e. The second-order valence-corrected chi connectivity index (χ2v) is 13.8.